The summed E-state index contributed by atoms with van der Waals surface area (Å²) in [5, 5.41) is 10.9. The van der Waals surface area contributed by atoms with Crippen molar-refractivity contribution in [1.29, 1.82) is 0 Å². The smallest absolute Gasteiger partial charge is 0.408 e. The number of methoxy groups -OCH3 is 1. The molecule has 3 aliphatic rings. The SMILES string of the molecule is C=C[C@@H]1C[C@]1(NC(=O)[C@@H]1CC(Oc2cc(-c3csc(NC(C)C)n3)[nH+]c3cc(OC)ccc23)CN1C(=O)[C@@H](NC(=O)OC1CCCC1)C(C)(C)C)P(=O)(O)C#Cc1ccccc1. The molecule has 1 saturated heterocycles. The number of ether oxygens (including phenoxy) is 3. The maximum absolute atomic E-state index is 14.9. The Labute approximate surface area is 366 Å². The number of hydrogen-bond acceptors (Lipinski definition) is 10. The summed E-state index contributed by atoms with van der Waals surface area (Å²) in [4.78, 5) is 64.1. The number of hydrogen-bond donors (Lipinski definition) is 4. The number of aromatic amines is 1. The van der Waals surface area contributed by atoms with Crippen molar-refractivity contribution in [2.45, 2.75) is 109 Å². The van der Waals surface area contributed by atoms with Crippen LogP contribution in [-0.4, -0.2) is 82.0 Å². The average molecular weight is 884 g/mol. The van der Waals surface area contributed by atoms with Gasteiger partial charge in [-0.05, 0) is 81.3 Å². The van der Waals surface area contributed by atoms with Crippen molar-refractivity contribution in [3.63, 3.8) is 0 Å². The minimum atomic E-state index is -4.38. The standard InChI is InChI=1S/C46H55N6O8PS/c1-8-30-25-46(30,61(56,57)21-20-29-14-10-9-11-15-29)51-41(53)38-23-33(26-52(38)42(54)40(45(4,5)6)50-44(55)60-31-16-12-13-17-31)59-39-24-36(37-27-62-43(49-37)47-28(2)3)48-35-22-32(58-7)18-19-34(35)39/h8-11,14-15,18-19,22,24,27-28,30-31,33,38,40H,1,12-13,16-17,23,25-26H2,2-7H3,(H,47,49)(H,50,55)(H,51,53)(H,56,57)/p+1/t30-,33?,38+,40-,46+/m1/s1. The molecule has 6 atom stereocenters. The van der Waals surface area contributed by atoms with Gasteiger partial charge in [-0.25, -0.2) is 14.8 Å². The number of alkyl carbamates (subject to hydrolysis) is 1. The lowest BCUT2D eigenvalue weighted by atomic mass is 9.85. The van der Waals surface area contributed by atoms with E-state index in [2.05, 4.69) is 39.1 Å². The zero-order chi connectivity index (χ0) is 44.4. The summed E-state index contributed by atoms with van der Waals surface area (Å²) >= 11 is 1.48. The number of thiazole rings is 1. The summed E-state index contributed by atoms with van der Waals surface area (Å²) < 4.78 is 32.2. The highest BCUT2D eigenvalue weighted by Gasteiger charge is 2.66. The van der Waals surface area contributed by atoms with Crippen LogP contribution in [0.15, 0.2) is 72.6 Å². The van der Waals surface area contributed by atoms with E-state index in [4.69, 9.17) is 19.2 Å². The number of carbonyl (C=O) groups is 3. The molecule has 4 aromatic rings. The fourth-order valence-corrected chi connectivity index (χ4v) is 10.8. The molecule has 5 N–H and O–H groups in total. The van der Waals surface area contributed by atoms with E-state index >= 15 is 0 Å². The molecule has 3 fully saturated rings. The summed E-state index contributed by atoms with van der Waals surface area (Å²) in [5.74, 6) is 2.21. The second kappa shape index (κ2) is 18.1. The molecule has 0 radical (unpaired) electrons. The highest BCUT2D eigenvalue weighted by molar-refractivity contribution is 7.65. The Morgan fingerprint density at radius 2 is 1.85 bits per heavy atom. The maximum Gasteiger partial charge on any atom is 0.408 e. The van der Waals surface area contributed by atoms with E-state index in [9.17, 15) is 23.8 Å². The first kappa shape index (κ1) is 44.6. The van der Waals surface area contributed by atoms with Crippen LogP contribution in [0.4, 0.5) is 9.93 Å². The van der Waals surface area contributed by atoms with E-state index in [0.717, 1.165) is 36.2 Å². The van der Waals surface area contributed by atoms with Gasteiger partial charge in [0.15, 0.2) is 5.13 Å². The Balaban J connectivity index is 1.22. The molecule has 2 aromatic carbocycles. The lowest BCUT2D eigenvalue weighted by Gasteiger charge is -2.35. The normalized spacial score (nSPS) is 22.5. The van der Waals surface area contributed by atoms with Gasteiger partial charge in [-0.1, -0.05) is 51.0 Å². The van der Waals surface area contributed by atoms with Crippen LogP contribution in [-0.2, 0) is 18.9 Å². The van der Waals surface area contributed by atoms with Crippen LogP contribution < -0.4 is 30.4 Å². The molecule has 2 unspecified atom stereocenters. The van der Waals surface area contributed by atoms with Gasteiger partial charge in [0, 0.05) is 29.3 Å². The van der Waals surface area contributed by atoms with E-state index in [1.165, 1.54) is 16.2 Å². The monoisotopic (exact) mass is 883 g/mol. The van der Waals surface area contributed by atoms with Crippen LogP contribution in [0.25, 0.3) is 22.3 Å². The summed E-state index contributed by atoms with van der Waals surface area (Å²) in [6.45, 7) is 13.4. The zero-order valence-electron chi connectivity index (χ0n) is 36.0. The van der Waals surface area contributed by atoms with E-state index in [-0.39, 0.29) is 31.5 Å². The van der Waals surface area contributed by atoms with Crippen molar-refractivity contribution in [1.82, 2.24) is 20.5 Å². The number of nitrogens with one attached hydrogen (secondary N) is 4. The predicted octanol–water partition coefficient (Wildman–Crippen LogP) is 7.34. The lowest BCUT2D eigenvalue weighted by Crippen LogP contribution is -2.58. The number of rotatable bonds is 13. The topological polar surface area (TPSA) is 183 Å². The molecule has 3 heterocycles. The Bertz CT molecular complexity index is 2440. The molecule has 1 aliphatic heterocycles. The summed E-state index contributed by atoms with van der Waals surface area (Å²) in [6, 6.07) is 14.2. The Kier molecular flexibility index (Phi) is 13.0. The van der Waals surface area contributed by atoms with Gasteiger partial charge in [-0.2, -0.15) is 0 Å². The minimum absolute atomic E-state index is 0.0317. The second-order valence-electron chi connectivity index (χ2n) is 17.7. The molecule has 2 aromatic heterocycles. The molecule has 7 rings (SSSR count). The fraction of sp³-hybridized carbons (Fsp3) is 0.457. The quantitative estimate of drug-likeness (QED) is 0.0603. The van der Waals surface area contributed by atoms with Crippen LogP contribution in [0.3, 0.4) is 0 Å². The number of pyridine rings is 1. The maximum atomic E-state index is 14.9. The molecular formula is C46H56N6O8PS+. The van der Waals surface area contributed by atoms with Gasteiger partial charge < -0.3 is 40.0 Å². The molecule has 3 amide bonds. The van der Waals surface area contributed by atoms with Crippen LogP contribution in [0.2, 0.25) is 0 Å². The fourth-order valence-electron chi connectivity index (χ4n) is 8.16. The third kappa shape index (κ3) is 9.78. The van der Waals surface area contributed by atoms with E-state index < -0.39 is 60.1 Å². The first-order chi connectivity index (χ1) is 29.5. The molecular weight excluding hydrogens is 828 g/mol. The Morgan fingerprint density at radius 1 is 1.11 bits per heavy atom. The first-order valence-corrected chi connectivity index (χ1v) is 23.6. The van der Waals surface area contributed by atoms with Crippen molar-refractivity contribution in [2.75, 3.05) is 19.0 Å². The van der Waals surface area contributed by atoms with Crippen molar-refractivity contribution >= 4 is 52.6 Å². The number of amides is 3. The minimum Gasteiger partial charge on any atom is -0.497 e. The van der Waals surface area contributed by atoms with E-state index in [1.54, 1.807) is 37.5 Å². The molecule has 2 saturated carbocycles. The number of H-pyrrole nitrogens is 1. The molecule has 2 aliphatic carbocycles. The first-order valence-electron chi connectivity index (χ1n) is 21.1. The number of likely N-dealkylation sites (tertiary alicyclic amines) is 1. The number of anilines is 1. The summed E-state index contributed by atoms with van der Waals surface area (Å²) in [5.41, 5.74) is 4.39. The van der Waals surface area contributed by atoms with Crippen molar-refractivity contribution < 1.29 is 43.0 Å². The van der Waals surface area contributed by atoms with Gasteiger partial charge in [-0.15, -0.1) is 17.9 Å². The Morgan fingerprint density at radius 3 is 2.52 bits per heavy atom. The van der Waals surface area contributed by atoms with Crippen LogP contribution in [0.5, 0.6) is 11.5 Å². The van der Waals surface area contributed by atoms with Gasteiger partial charge in [0.05, 0.1) is 31.2 Å². The Hall–Kier alpha value is -5.42. The second-order valence-corrected chi connectivity index (χ2v) is 20.7. The third-order valence-corrected chi connectivity index (χ3v) is 14.5. The number of aromatic nitrogens is 2. The number of nitrogens with zero attached hydrogens (tertiary/aromatic N) is 2. The molecule has 328 valence electrons. The van der Waals surface area contributed by atoms with Crippen molar-refractivity contribution in [3.8, 4) is 34.5 Å². The number of fused-ring (bicyclic) bond motifs is 1. The molecule has 0 spiro atoms. The van der Waals surface area contributed by atoms with Gasteiger partial charge in [0.25, 0.3) is 7.37 Å². The van der Waals surface area contributed by atoms with E-state index in [1.807, 2.05) is 70.3 Å². The van der Waals surface area contributed by atoms with Crippen LogP contribution >= 0.6 is 18.7 Å². The third-order valence-electron chi connectivity index (χ3n) is 11.6. The van der Waals surface area contributed by atoms with Gasteiger partial charge in [0.2, 0.25) is 23.0 Å². The van der Waals surface area contributed by atoms with Crippen LogP contribution in [0.1, 0.15) is 78.7 Å². The zero-order valence-corrected chi connectivity index (χ0v) is 37.7. The van der Waals surface area contributed by atoms with Crippen molar-refractivity contribution in [2.24, 2.45) is 11.3 Å². The number of carbonyl (C=O) groups excluding carboxylic acids is 3. The highest BCUT2D eigenvalue weighted by atomic mass is 32.1. The highest BCUT2D eigenvalue weighted by Crippen LogP contribution is 2.69. The average Bonchev–Trinajstić information content (AvgIpc) is 3.63. The molecule has 62 heavy (non-hydrogen) atoms. The van der Waals surface area contributed by atoms with Gasteiger partial charge in [-0.3, -0.25) is 14.2 Å². The largest absolute Gasteiger partial charge is 0.497 e. The predicted molar refractivity (Wildman–Crippen MR) is 239 cm³/mol. The molecule has 0 bridgehead atoms. The molecule has 14 nitrogen and oxygen atoms in total. The number of benzene rings is 2. The molecule has 16 heteroatoms. The lowest BCUT2D eigenvalue weighted by molar-refractivity contribution is -0.331. The summed E-state index contributed by atoms with van der Waals surface area (Å²) in [7, 11) is -2.79. The van der Waals surface area contributed by atoms with Crippen LogP contribution in [0, 0.1) is 22.9 Å². The summed E-state index contributed by atoms with van der Waals surface area (Å²) in [6.07, 6.45) is 3.49. The van der Waals surface area contributed by atoms with Gasteiger partial charge in [0.1, 0.15) is 46.8 Å². The van der Waals surface area contributed by atoms with Crippen molar-refractivity contribution in [3.05, 3.63) is 78.2 Å². The van der Waals surface area contributed by atoms with Gasteiger partial charge >= 0.3 is 6.09 Å². The van der Waals surface area contributed by atoms with E-state index in [0.29, 0.717) is 34.0 Å².